The summed E-state index contributed by atoms with van der Waals surface area (Å²) in [7, 11) is 1.66. The zero-order valence-corrected chi connectivity index (χ0v) is 14.6. The molecule has 3 N–H and O–H groups in total. The number of aromatic nitrogens is 2. The lowest BCUT2D eigenvalue weighted by molar-refractivity contribution is 0.0116. The number of piperidine rings is 1. The number of anilines is 1. The van der Waals surface area contributed by atoms with Crippen LogP contribution in [-0.2, 0) is 5.60 Å². The van der Waals surface area contributed by atoms with Crippen LogP contribution in [0.1, 0.15) is 24.2 Å². The minimum Gasteiger partial charge on any atom is -0.404 e. The van der Waals surface area contributed by atoms with Gasteiger partial charge >= 0.3 is 0 Å². The Bertz CT molecular complexity index is 811. The van der Waals surface area contributed by atoms with Crippen LogP contribution in [0.4, 0.5) is 10.2 Å². The van der Waals surface area contributed by atoms with Gasteiger partial charge in [0, 0.05) is 38.7 Å². The number of nitrogens with two attached hydrogens (primary N) is 1. The molecule has 0 saturated carbocycles. The largest absolute Gasteiger partial charge is 0.404 e. The smallest absolute Gasteiger partial charge is 0.164 e. The molecule has 0 aliphatic carbocycles. The molecular weight excluding hydrogens is 333 g/mol. The van der Waals surface area contributed by atoms with Crippen molar-refractivity contribution >= 4 is 17.6 Å². The molecule has 0 unspecified atom stereocenters. The Balaban J connectivity index is 1.75. The lowest BCUT2D eigenvalue weighted by Gasteiger charge is -2.39. The molecule has 1 aromatic carbocycles. The van der Waals surface area contributed by atoms with Crippen LogP contribution in [0.25, 0.3) is 5.57 Å². The summed E-state index contributed by atoms with van der Waals surface area (Å²) in [6.45, 7) is 1.27. The average molecular weight is 355 g/mol. The van der Waals surface area contributed by atoms with Crippen LogP contribution in [0.2, 0.25) is 0 Å². The maximum Gasteiger partial charge on any atom is 0.164 e. The lowest BCUT2D eigenvalue weighted by atomic mass is 9.84. The van der Waals surface area contributed by atoms with E-state index in [1.54, 1.807) is 31.6 Å². The number of rotatable bonds is 4. The van der Waals surface area contributed by atoms with Gasteiger partial charge in [-0.3, -0.25) is 4.99 Å². The molecule has 0 spiro atoms. The molecule has 1 saturated heterocycles. The van der Waals surface area contributed by atoms with Gasteiger partial charge in [-0.2, -0.15) is 0 Å². The molecule has 2 heterocycles. The average Bonchev–Trinajstić information content (AvgIpc) is 2.67. The zero-order valence-electron chi connectivity index (χ0n) is 14.6. The molecule has 0 amide bonds. The molecule has 7 heteroatoms. The third kappa shape index (κ3) is 3.72. The van der Waals surface area contributed by atoms with E-state index in [-0.39, 0.29) is 5.82 Å². The highest BCUT2D eigenvalue weighted by Gasteiger charge is 2.34. The Labute approximate surface area is 151 Å². The van der Waals surface area contributed by atoms with Crippen LogP contribution in [0.5, 0.6) is 0 Å². The summed E-state index contributed by atoms with van der Waals surface area (Å²) < 4.78 is 13.1. The number of halogens is 1. The highest BCUT2D eigenvalue weighted by Crippen LogP contribution is 2.34. The summed E-state index contributed by atoms with van der Waals surface area (Å²) in [6, 6.07) is 7.90. The number of aliphatic imine (C=N–C) groups is 1. The second kappa shape index (κ2) is 7.61. The van der Waals surface area contributed by atoms with Gasteiger partial charge in [-0.15, -0.1) is 0 Å². The fourth-order valence-corrected chi connectivity index (χ4v) is 3.13. The molecule has 0 atom stereocenters. The van der Waals surface area contributed by atoms with Crippen molar-refractivity contribution in [3.05, 3.63) is 59.9 Å². The van der Waals surface area contributed by atoms with E-state index in [0.29, 0.717) is 37.3 Å². The van der Waals surface area contributed by atoms with Crippen LogP contribution < -0.4 is 10.6 Å². The van der Waals surface area contributed by atoms with Gasteiger partial charge in [-0.1, -0.05) is 12.1 Å². The summed E-state index contributed by atoms with van der Waals surface area (Å²) in [5, 5.41) is 10.9. The SMILES string of the molecule is CN=C/C(=C\N)c1nccc(N2CCC(O)(c3ccc(F)cc3)CC2)n1. The van der Waals surface area contributed by atoms with Crippen LogP contribution in [0, 0.1) is 5.82 Å². The molecule has 1 aromatic heterocycles. The molecule has 1 aliphatic heterocycles. The van der Waals surface area contributed by atoms with Crippen molar-refractivity contribution < 1.29 is 9.50 Å². The van der Waals surface area contributed by atoms with E-state index >= 15 is 0 Å². The third-order valence-electron chi connectivity index (χ3n) is 4.64. The van der Waals surface area contributed by atoms with Crippen LogP contribution >= 0.6 is 0 Å². The molecule has 3 rings (SSSR count). The number of hydrogen-bond acceptors (Lipinski definition) is 6. The third-order valence-corrected chi connectivity index (χ3v) is 4.64. The summed E-state index contributed by atoms with van der Waals surface area (Å²) in [6.07, 6.45) is 5.80. The zero-order chi connectivity index (χ0) is 18.6. The first-order valence-corrected chi connectivity index (χ1v) is 8.46. The van der Waals surface area contributed by atoms with Crippen molar-refractivity contribution in [2.45, 2.75) is 18.4 Å². The van der Waals surface area contributed by atoms with Gasteiger partial charge in [0.05, 0.1) is 11.2 Å². The minimum absolute atomic E-state index is 0.303. The molecule has 0 bridgehead atoms. The van der Waals surface area contributed by atoms with E-state index in [1.807, 2.05) is 6.07 Å². The van der Waals surface area contributed by atoms with Gasteiger partial charge in [0.15, 0.2) is 5.82 Å². The predicted molar refractivity (Wildman–Crippen MR) is 100 cm³/mol. The summed E-state index contributed by atoms with van der Waals surface area (Å²) >= 11 is 0. The Morgan fingerprint density at radius 3 is 2.58 bits per heavy atom. The second-order valence-corrected chi connectivity index (χ2v) is 6.27. The van der Waals surface area contributed by atoms with Crippen molar-refractivity contribution in [2.75, 3.05) is 25.0 Å². The van der Waals surface area contributed by atoms with Crippen molar-refractivity contribution in [3.8, 4) is 0 Å². The van der Waals surface area contributed by atoms with E-state index in [2.05, 4.69) is 19.9 Å². The molecule has 136 valence electrons. The van der Waals surface area contributed by atoms with Gasteiger partial charge in [0.25, 0.3) is 0 Å². The molecule has 2 aromatic rings. The highest BCUT2D eigenvalue weighted by atomic mass is 19.1. The van der Waals surface area contributed by atoms with Crippen molar-refractivity contribution in [2.24, 2.45) is 10.7 Å². The Kier molecular flexibility index (Phi) is 5.27. The van der Waals surface area contributed by atoms with Crippen molar-refractivity contribution in [1.82, 2.24) is 9.97 Å². The standard InChI is InChI=1S/C19H22FN5O/c1-22-13-14(12-21)18-23-9-6-17(24-18)25-10-7-19(26,8-11-25)15-2-4-16(20)5-3-15/h2-6,9,12-13,26H,7-8,10-11,21H2,1H3/b14-12+,22-13?. The van der Waals surface area contributed by atoms with E-state index in [9.17, 15) is 9.50 Å². The first-order chi connectivity index (χ1) is 12.6. The predicted octanol–water partition coefficient (Wildman–Crippen LogP) is 2.10. The summed E-state index contributed by atoms with van der Waals surface area (Å²) in [5.41, 5.74) is 6.07. The normalized spacial score (nSPS) is 17.7. The molecule has 0 radical (unpaired) electrons. The first-order valence-electron chi connectivity index (χ1n) is 8.46. The molecule has 26 heavy (non-hydrogen) atoms. The molecule has 1 fully saturated rings. The van der Waals surface area contributed by atoms with Crippen LogP contribution in [-0.4, -0.2) is 41.4 Å². The van der Waals surface area contributed by atoms with E-state index in [4.69, 9.17) is 5.73 Å². The monoisotopic (exact) mass is 355 g/mol. The maximum absolute atomic E-state index is 13.1. The van der Waals surface area contributed by atoms with Crippen molar-refractivity contribution in [3.63, 3.8) is 0 Å². The van der Waals surface area contributed by atoms with E-state index in [0.717, 1.165) is 11.4 Å². The first kappa shape index (κ1) is 18.0. The highest BCUT2D eigenvalue weighted by molar-refractivity contribution is 6.08. The van der Waals surface area contributed by atoms with Crippen LogP contribution in [0.15, 0.2) is 47.7 Å². The fraction of sp³-hybridized carbons (Fsp3) is 0.316. The van der Waals surface area contributed by atoms with Gasteiger partial charge in [-0.25, -0.2) is 14.4 Å². The van der Waals surface area contributed by atoms with E-state index in [1.165, 1.54) is 18.3 Å². The number of allylic oxidation sites excluding steroid dienone is 1. The number of nitrogens with zero attached hydrogens (tertiary/aromatic N) is 4. The number of hydrogen-bond donors (Lipinski definition) is 2. The lowest BCUT2D eigenvalue weighted by Crippen LogP contribution is -2.43. The quantitative estimate of drug-likeness (QED) is 0.820. The Morgan fingerprint density at radius 2 is 1.96 bits per heavy atom. The van der Waals surface area contributed by atoms with Gasteiger partial charge in [0.1, 0.15) is 11.6 Å². The molecular formula is C19H22FN5O. The molecule has 1 aliphatic rings. The topological polar surface area (TPSA) is 87.6 Å². The Hall–Kier alpha value is -2.80. The molecule has 6 nitrogen and oxygen atoms in total. The minimum atomic E-state index is -0.947. The van der Waals surface area contributed by atoms with E-state index < -0.39 is 5.60 Å². The number of aliphatic hydroxyl groups is 1. The van der Waals surface area contributed by atoms with Gasteiger partial charge in [0.2, 0.25) is 0 Å². The fourth-order valence-electron chi connectivity index (χ4n) is 3.13. The van der Waals surface area contributed by atoms with Crippen LogP contribution in [0.3, 0.4) is 0 Å². The number of benzene rings is 1. The Morgan fingerprint density at radius 1 is 1.27 bits per heavy atom. The second-order valence-electron chi connectivity index (χ2n) is 6.27. The van der Waals surface area contributed by atoms with Gasteiger partial charge < -0.3 is 15.7 Å². The summed E-state index contributed by atoms with van der Waals surface area (Å²) in [4.78, 5) is 14.9. The summed E-state index contributed by atoms with van der Waals surface area (Å²) in [5.74, 6) is 0.984. The van der Waals surface area contributed by atoms with Crippen molar-refractivity contribution in [1.29, 1.82) is 0 Å². The maximum atomic E-state index is 13.1. The van der Waals surface area contributed by atoms with Gasteiger partial charge in [-0.05, 0) is 36.6 Å².